The fraction of sp³-hybridized carbons (Fsp3) is 0.667. The summed E-state index contributed by atoms with van der Waals surface area (Å²) >= 11 is 0. The molecular weight excluding hydrogens is 240 g/mol. The van der Waals surface area contributed by atoms with Gasteiger partial charge in [-0.3, -0.25) is 4.98 Å². The zero-order chi connectivity index (χ0) is 13.7. The molecule has 0 spiro atoms. The van der Waals surface area contributed by atoms with E-state index in [9.17, 15) is 10.2 Å². The van der Waals surface area contributed by atoms with Crippen molar-refractivity contribution in [3.05, 3.63) is 23.5 Å². The van der Waals surface area contributed by atoms with E-state index in [1.54, 1.807) is 12.1 Å². The summed E-state index contributed by atoms with van der Waals surface area (Å²) in [5, 5.41) is 23.5. The van der Waals surface area contributed by atoms with E-state index in [4.69, 9.17) is 0 Å². The molecule has 0 unspecified atom stereocenters. The third-order valence-corrected chi connectivity index (χ3v) is 3.87. The maximum atomic E-state index is 10.5. The molecule has 1 aliphatic rings. The van der Waals surface area contributed by atoms with Gasteiger partial charge in [-0.25, -0.2) is 0 Å². The predicted molar refractivity (Wildman–Crippen MR) is 75.0 cm³/mol. The van der Waals surface area contributed by atoms with Gasteiger partial charge in [0.25, 0.3) is 0 Å². The third kappa shape index (κ3) is 4.18. The van der Waals surface area contributed by atoms with Gasteiger partial charge < -0.3 is 15.5 Å². The summed E-state index contributed by atoms with van der Waals surface area (Å²) in [4.78, 5) is 4.30. The Morgan fingerprint density at radius 1 is 1.21 bits per heavy atom. The molecule has 1 heterocycles. The number of aromatic hydroxyl groups is 1. The van der Waals surface area contributed by atoms with Crippen molar-refractivity contribution in [1.29, 1.82) is 0 Å². The molecule has 2 rings (SSSR count). The van der Waals surface area contributed by atoms with E-state index in [0.717, 1.165) is 31.4 Å². The van der Waals surface area contributed by atoms with Crippen molar-refractivity contribution in [3.8, 4) is 5.75 Å². The van der Waals surface area contributed by atoms with E-state index in [2.05, 4.69) is 10.3 Å². The van der Waals surface area contributed by atoms with E-state index >= 15 is 0 Å². The van der Waals surface area contributed by atoms with Crippen LogP contribution in [-0.4, -0.2) is 27.3 Å². The molecule has 0 amide bonds. The molecule has 4 heteroatoms. The average molecular weight is 264 g/mol. The van der Waals surface area contributed by atoms with Crippen molar-refractivity contribution in [2.24, 2.45) is 0 Å². The van der Waals surface area contributed by atoms with Crippen LogP contribution < -0.4 is 5.32 Å². The first-order chi connectivity index (χ1) is 9.09. The molecule has 106 valence electrons. The average Bonchev–Trinajstić information content (AvgIpc) is 2.59. The second kappa shape index (κ2) is 6.35. The minimum absolute atomic E-state index is 0.214. The highest BCUT2D eigenvalue weighted by Crippen LogP contribution is 2.26. The number of nitrogens with zero attached hydrogens (tertiary/aromatic N) is 1. The summed E-state index contributed by atoms with van der Waals surface area (Å²) in [5.41, 5.74) is 0.954. The lowest BCUT2D eigenvalue weighted by Crippen LogP contribution is -2.40. The molecule has 1 aromatic rings. The van der Waals surface area contributed by atoms with Crippen LogP contribution >= 0.6 is 0 Å². The molecule has 4 nitrogen and oxygen atoms in total. The molecule has 0 aliphatic heterocycles. The van der Waals surface area contributed by atoms with E-state index in [1.807, 2.05) is 6.92 Å². The molecule has 0 aromatic carbocycles. The summed E-state index contributed by atoms with van der Waals surface area (Å²) in [6.07, 6.45) is 6.39. The number of nitrogens with one attached hydrogen (secondary N) is 1. The van der Waals surface area contributed by atoms with Gasteiger partial charge >= 0.3 is 0 Å². The van der Waals surface area contributed by atoms with Crippen molar-refractivity contribution in [1.82, 2.24) is 10.3 Å². The van der Waals surface area contributed by atoms with Crippen molar-refractivity contribution in [3.63, 3.8) is 0 Å². The van der Waals surface area contributed by atoms with Crippen LogP contribution in [0.1, 0.15) is 49.9 Å². The van der Waals surface area contributed by atoms with Crippen molar-refractivity contribution in [2.45, 2.75) is 57.6 Å². The van der Waals surface area contributed by atoms with Gasteiger partial charge in [0.1, 0.15) is 5.75 Å². The van der Waals surface area contributed by atoms with Crippen LogP contribution in [-0.2, 0) is 6.54 Å². The Bertz CT molecular complexity index is 413. The van der Waals surface area contributed by atoms with Crippen LogP contribution in [0.25, 0.3) is 0 Å². The fourth-order valence-electron chi connectivity index (χ4n) is 2.71. The third-order valence-electron chi connectivity index (χ3n) is 3.87. The predicted octanol–water partition coefficient (Wildman–Crippen LogP) is 2.27. The van der Waals surface area contributed by atoms with Crippen LogP contribution in [0, 0.1) is 6.92 Å². The number of aliphatic hydroxyl groups is 1. The Kier molecular flexibility index (Phi) is 4.77. The number of pyridine rings is 1. The first-order valence-electron chi connectivity index (χ1n) is 7.18. The molecular formula is C15H24N2O2. The molecule has 1 fully saturated rings. The minimum Gasteiger partial charge on any atom is -0.506 e. The first-order valence-corrected chi connectivity index (χ1v) is 7.18. The largest absolute Gasteiger partial charge is 0.506 e. The molecule has 19 heavy (non-hydrogen) atoms. The molecule has 0 radical (unpaired) electrons. The van der Waals surface area contributed by atoms with Gasteiger partial charge in [-0.1, -0.05) is 25.7 Å². The molecule has 0 saturated heterocycles. The van der Waals surface area contributed by atoms with Crippen LogP contribution in [0.2, 0.25) is 0 Å². The number of hydrogen-bond acceptors (Lipinski definition) is 4. The lowest BCUT2D eigenvalue weighted by Gasteiger charge is -2.27. The lowest BCUT2D eigenvalue weighted by molar-refractivity contribution is 0.0249. The number of aromatic nitrogens is 1. The van der Waals surface area contributed by atoms with Gasteiger partial charge in [0.05, 0.1) is 11.3 Å². The zero-order valence-electron chi connectivity index (χ0n) is 11.7. The van der Waals surface area contributed by atoms with E-state index in [0.29, 0.717) is 18.8 Å². The Balaban J connectivity index is 1.86. The van der Waals surface area contributed by atoms with Gasteiger partial charge in [-0.15, -0.1) is 0 Å². The summed E-state index contributed by atoms with van der Waals surface area (Å²) in [7, 11) is 0. The van der Waals surface area contributed by atoms with Gasteiger partial charge in [-0.2, -0.15) is 0 Å². The molecule has 1 saturated carbocycles. The maximum Gasteiger partial charge on any atom is 0.138 e. The molecule has 1 aliphatic carbocycles. The van der Waals surface area contributed by atoms with Crippen molar-refractivity contribution >= 4 is 0 Å². The normalized spacial score (nSPS) is 19.1. The van der Waals surface area contributed by atoms with Crippen LogP contribution in [0.5, 0.6) is 5.75 Å². The molecule has 1 aromatic heterocycles. The van der Waals surface area contributed by atoms with Crippen molar-refractivity contribution in [2.75, 3.05) is 6.54 Å². The lowest BCUT2D eigenvalue weighted by atomic mass is 9.94. The Labute approximate surface area is 114 Å². The Hall–Kier alpha value is -1.13. The molecule has 0 atom stereocenters. The van der Waals surface area contributed by atoms with E-state index in [-0.39, 0.29) is 5.75 Å². The number of hydrogen-bond donors (Lipinski definition) is 3. The van der Waals surface area contributed by atoms with Crippen molar-refractivity contribution < 1.29 is 10.2 Å². The molecule has 3 N–H and O–H groups in total. The monoisotopic (exact) mass is 264 g/mol. The van der Waals surface area contributed by atoms with Gasteiger partial charge in [0.15, 0.2) is 0 Å². The summed E-state index contributed by atoms with van der Waals surface area (Å²) in [5.74, 6) is 0.214. The molecule has 0 bridgehead atoms. The maximum absolute atomic E-state index is 10.5. The SMILES string of the molecule is Cc1ccc(O)c(CNCC2(O)CCCCCC2)n1. The summed E-state index contributed by atoms with van der Waals surface area (Å²) < 4.78 is 0. The number of aryl methyl sites for hydroxylation is 1. The smallest absolute Gasteiger partial charge is 0.138 e. The minimum atomic E-state index is -0.587. The van der Waals surface area contributed by atoms with E-state index < -0.39 is 5.60 Å². The summed E-state index contributed by atoms with van der Waals surface area (Å²) in [6.45, 7) is 2.97. The van der Waals surface area contributed by atoms with Crippen LogP contribution in [0.4, 0.5) is 0 Å². The van der Waals surface area contributed by atoms with Crippen LogP contribution in [0.15, 0.2) is 12.1 Å². The second-order valence-corrected chi connectivity index (χ2v) is 5.66. The van der Waals surface area contributed by atoms with Gasteiger partial charge in [0.2, 0.25) is 0 Å². The fourth-order valence-corrected chi connectivity index (χ4v) is 2.71. The Morgan fingerprint density at radius 2 is 1.89 bits per heavy atom. The standard InChI is InChI=1S/C15H24N2O2/c1-12-6-7-14(18)13(17-12)10-16-11-15(19)8-4-2-3-5-9-15/h6-7,16,18-19H,2-5,8-11H2,1H3. The summed E-state index contributed by atoms with van der Waals surface area (Å²) in [6, 6.07) is 3.46. The topological polar surface area (TPSA) is 65.4 Å². The zero-order valence-corrected chi connectivity index (χ0v) is 11.7. The van der Waals surface area contributed by atoms with Crippen LogP contribution in [0.3, 0.4) is 0 Å². The Morgan fingerprint density at radius 3 is 2.58 bits per heavy atom. The van der Waals surface area contributed by atoms with E-state index in [1.165, 1.54) is 12.8 Å². The quantitative estimate of drug-likeness (QED) is 0.730. The highest BCUT2D eigenvalue weighted by atomic mass is 16.3. The highest BCUT2D eigenvalue weighted by Gasteiger charge is 2.27. The second-order valence-electron chi connectivity index (χ2n) is 5.66. The highest BCUT2D eigenvalue weighted by molar-refractivity contribution is 5.27. The first kappa shape index (κ1) is 14.3. The number of rotatable bonds is 4. The van der Waals surface area contributed by atoms with Gasteiger partial charge in [-0.05, 0) is 31.9 Å². The van der Waals surface area contributed by atoms with Gasteiger partial charge in [0, 0.05) is 18.8 Å².